The van der Waals surface area contributed by atoms with E-state index in [-0.39, 0.29) is 11.3 Å². The van der Waals surface area contributed by atoms with E-state index in [9.17, 15) is 14.4 Å². The smallest absolute Gasteiger partial charge is 0.338 e. The van der Waals surface area contributed by atoms with Crippen LogP contribution < -0.4 is 10.6 Å². The lowest BCUT2D eigenvalue weighted by Crippen LogP contribution is -2.21. The van der Waals surface area contributed by atoms with Crippen LogP contribution in [0.3, 0.4) is 0 Å². The van der Waals surface area contributed by atoms with Crippen molar-refractivity contribution in [2.24, 2.45) is 0 Å². The molecular weight excluding hydrogens is 372 g/mol. The van der Waals surface area contributed by atoms with Crippen molar-refractivity contribution in [2.45, 2.75) is 13.8 Å². The minimum absolute atomic E-state index is 0.184. The number of rotatable bonds is 6. The van der Waals surface area contributed by atoms with Crippen molar-refractivity contribution in [3.63, 3.8) is 0 Å². The van der Waals surface area contributed by atoms with Gasteiger partial charge in [0, 0.05) is 11.4 Å². The van der Waals surface area contributed by atoms with Gasteiger partial charge in [0.25, 0.3) is 11.8 Å². The average Bonchev–Trinajstić information content (AvgIpc) is 3.25. The van der Waals surface area contributed by atoms with Crippen LogP contribution in [0.25, 0.3) is 0 Å². The van der Waals surface area contributed by atoms with Crippen LogP contribution in [-0.2, 0) is 9.53 Å². The number of esters is 1. The molecule has 148 valence electrons. The van der Waals surface area contributed by atoms with Gasteiger partial charge < -0.3 is 19.8 Å². The number of carbonyl (C=O) groups excluding carboxylic acids is 3. The summed E-state index contributed by atoms with van der Waals surface area (Å²) in [5.74, 6) is -1.26. The summed E-state index contributed by atoms with van der Waals surface area (Å²) in [6.45, 7) is 3.38. The summed E-state index contributed by atoms with van der Waals surface area (Å²) in [6.07, 6.45) is 1.41. The molecule has 0 aliphatic carbocycles. The highest BCUT2D eigenvalue weighted by molar-refractivity contribution is 6.02. The molecule has 7 heteroatoms. The van der Waals surface area contributed by atoms with Gasteiger partial charge in [-0.15, -0.1) is 0 Å². The number of para-hydroxylation sites is 1. The fraction of sp³-hybridized carbons (Fsp3) is 0.136. The molecule has 3 aromatic rings. The minimum atomic E-state index is -0.634. The third-order valence-corrected chi connectivity index (χ3v) is 4.20. The standard InChI is InChI=1S/C22H20N2O5/c1-14-5-3-6-15(2)20(14)24-19(25)13-29-22(27)16-8-10-17(11-9-16)23-21(26)18-7-4-12-28-18/h3-12H,13H2,1-2H3,(H,23,26)(H,24,25). The Bertz CT molecular complexity index is 1000. The molecule has 0 fully saturated rings. The average molecular weight is 392 g/mol. The van der Waals surface area contributed by atoms with Crippen molar-refractivity contribution in [1.82, 2.24) is 0 Å². The van der Waals surface area contributed by atoms with Crippen molar-refractivity contribution in [3.8, 4) is 0 Å². The van der Waals surface area contributed by atoms with Gasteiger partial charge in [-0.2, -0.15) is 0 Å². The number of hydrogen-bond acceptors (Lipinski definition) is 5. The molecule has 1 aromatic heterocycles. The number of anilines is 2. The number of carbonyl (C=O) groups is 3. The highest BCUT2D eigenvalue weighted by atomic mass is 16.5. The molecule has 0 spiro atoms. The first kappa shape index (κ1) is 19.9. The van der Waals surface area contributed by atoms with E-state index in [1.54, 1.807) is 24.3 Å². The van der Waals surface area contributed by atoms with Crippen LogP contribution in [-0.4, -0.2) is 24.4 Å². The van der Waals surface area contributed by atoms with Crippen molar-refractivity contribution in [1.29, 1.82) is 0 Å². The number of hydrogen-bond donors (Lipinski definition) is 2. The maximum atomic E-state index is 12.2. The van der Waals surface area contributed by atoms with Crippen LogP contribution in [0, 0.1) is 13.8 Å². The van der Waals surface area contributed by atoms with E-state index in [1.807, 2.05) is 32.0 Å². The summed E-state index contributed by atoms with van der Waals surface area (Å²) in [5.41, 5.74) is 3.33. The van der Waals surface area contributed by atoms with Gasteiger partial charge in [-0.3, -0.25) is 9.59 Å². The normalized spacial score (nSPS) is 10.3. The highest BCUT2D eigenvalue weighted by Crippen LogP contribution is 2.19. The number of aryl methyl sites for hydroxylation is 2. The molecule has 29 heavy (non-hydrogen) atoms. The number of furan rings is 1. The van der Waals surface area contributed by atoms with Gasteiger partial charge in [-0.1, -0.05) is 18.2 Å². The van der Waals surface area contributed by atoms with Gasteiger partial charge in [-0.25, -0.2) is 4.79 Å². The quantitative estimate of drug-likeness (QED) is 0.619. The number of ether oxygens (including phenoxy) is 1. The van der Waals surface area contributed by atoms with Crippen molar-refractivity contribution >= 4 is 29.2 Å². The molecule has 2 amide bonds. The van der Waals surface area contributed by atoms with Crippen molar-refractivity contribution in [2.75, 3.05) is 17.2 Å². The van der Waals surface area contributed by atoms with E-state index in [1.165, 1.54) is 18.4 Å². The second-order valence-electron chi connectivity index (χ2n) is 6.40. The Balaban J connectivity index is 1.53. The fourth-order valence-electron chi connectivity index (χ4n) is 2.69. The zero-order chi connectivity index (χ0) is 20.8. The molecule has 0 saturated carbocycles. The Morgan fingerprint density at radius 1 is 0.897 bits per heavy atom. The number of nitrogens with one attached hydrogen (secondary N) is 2. The van der Waals surface area contributed by atoms with Crippen LogP contribution >= 0.6 is 0 Å². The molecule has 0 aliphatic heterocycles. The molecule has 0 atom stereocenters. The van der Waals surface area contributed by atoms with Crippen LogP contribution in [0.15, 0.2) is 65.3 Å². The molecule has 2 N–H and O–H groups in total. The number of amides is 2. The lowest BCUT2D eigenvalue weighted by atomic mass is 10.1. The molecule has 3 rings (SSSR count). The predicted octanol–water partition coefficient (Wildman–Crippen LogP) is 3.94. The van der Waals surface area contributed by atoms with Gasteiger partial charge in [0.1, 0.15) is 0 Å². The molecule has 0 aliphatic rings. The zero-order valence-corrected chi connectivity index (χ0v) is 16.0. The maximum Gasteiger partial charge on any atom is 0.338 e. The molecule has 0 unspecified atom stereocenters. The first-order valence-corrected chi connectivity index (χ1v) is 8.92. The predicted molar refractivity (Wildman–Crippen MR) is 108 cm³/mol. The Morgan fingerprint density at radius 3 is 2.21 bits per heavy atom. The van der Waals surface area contributed by atoms with E-state index >= 15 is 0 Å². The first-order chi connectivity index (χ1) is 13.9. The Morgan fingerprint density at radius 2 is 1.59 bits per heavy atom. The lowest BCUT2D eigenvalue weighted by Gasteiger charge is -2.11. The van der Waals surface area contributed by atoms with Gasteiger partial charge in [-0.05, 0) is 61.4 Å². The van der Waals surface area contributed by atoms with Crippen LogP contribution in [0.5, 0.6) is 0 Å². The Labute approximate surface area is 167 Å². The maximum absolute atomic E-state index is 12.2. The van der Waals surface area contributed by atoms with E-state index in [2.05, 4.69) is 10.6 Å². The summed E-state index contributed by atoms with van der Waals surface area (Å²) >= 11 is 0. The first-order valence-electron chi connectivity index (χ1n) is 8.92. The molecule has 0 bridgehead atoms. The topological polar surface area (TPSA) is 97.6 Å². The van der Waals surface area contributed by atoms with E-state index in [4.69, 9.17) is 9.15 Å². The van der Waals surface area contributed by atoms with Gasteiger partial charge in [0.2, 0.25) is 0 Å². The summed E-state index contributed by atoms with van der Waals surface area (Å²) in [7, 11) is 0. The van der Waals surface area contributed by atoms with Crippen molar-refractivity contribution < 1.29 is 23.5 Å². The SMILES string of the molecule is Cc1cccc(C)c1NC(=O)COC(=O)c1ccc(NC(=O)c2ccco2)cc1. The van der Waals surface area contributed by atoms with Crippen LogP contribution in [0.1, 0.15) is 32.0 Å². The molecule has 7 nitrogen and oxygen atoms in total. The summed E-state index contributed by atoms with van der Waals surface area (Å²) < 4.78 is 10.1. The van der Waals surface area contributed by atoms with Gasteiger partial charge in [0.15, 0.2) is 12.4 Å². The Kier molecular flexibility index (Phi) is 6.09. The second-order valence-corrected chi connectivity index (χ2v) is 6.40. The van der Waals surface area contributed by atoms with E-state index in [0.29, 0.717) is 11.4 Å². The largest absolute Gasteiger partial charge is 0.459 e. The summed E-state index contributed by atoms with van der Waals surface area (Å²) in [5, 5.41) is 5.41. The van der Waals surface area contributed by atoms with E-state index in [0.717, 1.165) is 11.1 Å². The molecular formula is C22H20N2O5. The zero-order valence-electron chi connectivity index (χ0n) is 16.0. The lowest BCUT2D eigenvalue weighted by molar-refractivity contribution is -0.119. The van der Waals surface area contributed by atoms with Gasteiger partial charge in [0.05, 0.1) is 11.8 Å². The fourth-order valence-corrected chi connectivity index (χ4v) is 2.69. The summed E-state index contributed by atoms with van der Waals surface area (Å²) in [6, 6.07) is 15.0. The third kappa shape index (κ3) is 5.10. The summed E-state index contributed by atoms with van der Waals surface area (Å²) in [4.78, 5) is 36.2. The third-order valence-electron chi connectivity index (χ3n) is 4.20. The number of benzene rings is 2. The highest BCUT2D eigenvalue weighted by Gasteiger charge is 2.13. The molecule has 1 heterocycles. The van der Waals surface area contributed by atoms with Crippen LogP contribution in [0.2, 0.25) is 0 Å². The van der Waals surface area contributed by atoms with Crippen LogP contribution in [0.4, 0.5) is 11.4 Å². The monoisotopic (exact) mass is 392 g/mol. The Hall–Kier alpha value is -3.87. The molecule has 2 aromatic carbocycles. The second kappa shape index (κ2) is 8.88. The molecule has 0 radical (unpaired) electrons. The van der Waals surface area contributed by atoms with Gasteiger partial charge >= 0.3 is 5.97 Å². The van der Waals surface area contributed by atoms with E-state index < -0.39 is 24.4 Å². The minimum Gasteiger partial charge on any atom is -0.459 e. The van der Waals surface area contributed by atoms with Crippen molar-refractivity contribution in [3.05, 3.63) is 83.3 Å². The molecule has 0 saturated heterocycles.